The average Bonchev–Trinajstić information content (AvgIpc) is 2.33. The van der Waals surface area contributed by atoms with Gasteiger partial charge in [0.05, 0.1) is 6.61 Å². The molecule has 1 rings (SSSR count). The minimum Gasteiger partial charge on any atom is -0.461 e. The van der Waals surface area contributed by atoms with Crippen molar-refractivity contribution in [1.29, 1.82) is 0 Å². The van der Waals surface area contributed by atoms with E-state index < -0.39 is 5.97 Å². The van der Waals surface area contributed by atoms with Crippen molar-refractivity contribution in [2.75, 3.05) is 12.3 Å². The second-order valence-electron chi connectivity index (χ2n) is 2.12. The van der Waals surface area contributed by atoms with Gasteiger partial charge in [-0.25, -0.2) is 9.25 Å². The Morgan fingerprint density at radius 1 is 1.92 bits per heavy atom. The van der Waals surface area contributed by atoms with Crippen molar-refractivity contribution < 1.29 is 9.53 Å². The van der Waals surface area contributed by atoms with Gasteiger partial charge in [0.25, 0.3) is 0 Å². The zero-order valence-corrected chi connectivity index (χ0v) is 7.80. The van der Waals surface area contributed by atoms with Crippen LogP contribution >= 0.6 is 9.39 Å². The quantitative estimate of drug-likeness (QED) is 0.533. The first-order valence-corrected chi connectivity index (χ1v) is 3.94. The average molecular weight is 187 g/mol. The maximum atomic E-state index is 11.0. The third-order valence-corrected chi connectivity index (χ3v) is 1.66. The lowest BCUT2D eigenvalue weighted by atomic mass is 10.4. The van der Waals surface area contributed by atoms with E-state index in [0.29, 0.717) is 12.4 Å². The van der Waals surface area contributed by atoms with Crippen LogP contribution in [0.25, 0.3) is 0 Å². The molecule has 0 saturated heterocycles. The van der Waals surface area contributed by atoms with Crippen LogP contribution in [0.15, 0.2) is 6.07 Å². The van der Waals surface area contributed by atoms with E-state index in [1.165, 1.54) is 10.5 Å². The van der Waals surface area contributed by atoms with E-state index in [-0.39, 0.29) is 5.69 Å². The fraction of sp³-hybridized carbons (Fsp3) is 0.333. The number of ether oxygens (including phenoxy) is 1. The standard InChI is InChI=1S/C6H10N3O2P/c1-2-11-6(10)4-3-5(7)9(12)8-4/h3H,2,7,12H2,1H3. The van der Waals surface area contributed by atoms with Gasteiger partial charge >= 0.3 is 5.97 Å². The topological polar surface area (TPSA) is 70.1 Å². The molecule has 0 aliphatic rings. The van der Waals surface area contributed by atoms with Crippen LogP contribution in [-0.4, -0.2) is 22.1 Å². The summed E-state index contributed by atoms with van der Waals surface area (Å²) in [7, 11) is 2.26. The Bertz CT molecular complexity index is 277. The Morgan fingerprint density at radius 2 is 2.58 bits per heavy atom. The predicted octanol–water partition coefficient (Wildman–Crippen LogP) is 0.280. The Hall–Kier alpha value is -1.09. The molecule has 5 nitrogen and oxygen atoms in total. The highest BCUT2D eigenvalue weighted by Crippen LogP contribution is 2.09. The Labute approximate surface area is 72.1 Å². The molecule has 0 aliphatic heterocycles. The van der Waals surface area contributed by atoms with Crippen molar-refractivity contribution in [2.24, 2.45) is 0 Å². The summed E-state index contributed by atoms with van der Waals surface area (Å²) < 4.78 is 6.06. The molecule has 0 aromatic carbocycles. The molecule has 0 amide bonds. The van der Waals surface area contributed by atoms with Crippen LogP contribution in [0.4, 0.5) is 5.82 Å². The molecular formula is C6H10N3O2P. The molecule has 0 spiro atoms. The molecule has 1 aromatic heterocycles. The van der Waals surface area contributed by atoms with Crippen molar-refractivity contribution in [3.63, 3.8) is 0 Å². The molecule has 1 heterocycles. The highest BCUT2D eigenvalue weighted by atomic mass is 31.0. The minimum absolute atomic E-state index is 0.226. The smallest absolute Gasteiger partial charge is 0.358 e. The summed E-state index contributed by atoms with van der Waals surface area (Å²) in [6, 6.07) is 1.46. The number of nitrogen functional groups attached to an aromatic ring is 1. The van der Waals surface area contributed by atoms with Crippen LogP contribution in [0.2, 0.25) is 0 Å². The summed E-state index contributed by atoms with van der Waals surface area (Å²) >= 11 is 0. The van der Waals surface area contributed by atoms with Crippen LogP contribution in [0, 0.1) is 0 Å². The van der Waals surface area contributed by atoms with E-state index >= 15 is 0 Å². The lowest BCUT2D eigenvalue weighted by Gasteiger charge is -1.95. The van der Waals surface area contributed by atoms with Crippen molar-refractivity contribution in [1.82, 2.24) is 9.55 Å². The number of carbonyl (C=O) groups excluding carboxylic acids is 1. The largest absolute Gasteiger partial charge is 0.461 e. The van der Waals surface area contributed by atoms with Gasteiger partial charge in [0, 0.05) is 6.07 Å². The Balaban J connectivity index is 2.82. The lowest BCUT2D eigenvalue weighted by Crippen LogP contribution is -2.05. The molecule has 0 saturated carbocycles. The molecule has 1 atom stereocenters. The molecule has 0 fully saturated rings. The lowest BCUT2D eigenvalue weighted by molar-refractivity contribution is 0.0519. The number of aromatic nitrogens is 2. The number of nitrogens with two attached hydrogens (primary N) is 1. The fourth-order valence-corrected chi connectivity index (χ4v) is 0.913. The van der Waals surface area contributed by atoms with E-state index in [0.717, 1.165) is 0 Å². The minimum atomic E-state index is -0.453. The molecule has 0 bridgehead atoms. The van der Waals surface area contributed by atoms with Crippen LogP contribution in [0.5, 0.6) is 0 Å². The van der Waals surface area contributed by atoms with Crippen molar-refractivity contribution in [3.8, 4) is 0 Å². The normalized spacial score (nSPS) is 9.83. The second-order valence-corrected chi connectivity index (χ2v) is 2.61. The van der Waals surface area contributed by atoms with Crippen LogP contribution in [0.3, 0.4) is 0 Å². The molecule has 2 N–H and O–H groups in total. The molecule has 6 heteroatoms. The summed E-state index contributed by atoms with van der Waals surface area (Å²) in [5.74, 6) is -0.0477. The summed E-state index contributed by atoms with van der Waals surface area (Å²) in [6.45, 7) is 2.07. The summed E-state index contributed by atoms with van der Waals surface area (Å²) in [6.07, 6.45) is 0. The van der Waals surface area contributed by atoms with Crippen molar-refractivity contribution >= 4 is 21.2 Å². The van der Waals surface area contributed by atoms with E-state index in [1.807, 2.05) is 0 Å². The SMILES string of the molecule is CCOC(=O)c1cc(N)n(P)n1. The third kappa shape index (κ3) is 1.74. The van der Waals surface area contributed by atoms with Crippen LogP contribution < -0.4 is 5.73 Å². The Morgan fingerprint density at radius 3 is 3.00 bits per heavy atom. The monoisotopic (exact) mass is 187 g/mol. The van der Waals surface area contributed by atoms with Gasteiger partial charge in [-0.05, 0) is 16.3 Å². The fourth-order valence-electron chi connectivity index (χ4n) is 0.714. The van der Waals surface area contributed by atoms with Crippen LogP contribution in [0.1, 0.15) is 17.4 Å². The van der Waals surface area contributed by atoms with Gasteiger partial charge in [0.2, 0.25) is 0 Å². The van der Waals surface area contributed by atoms with Crippen molar-refractivity contribution in [3.05, 3.63) is 11.8 Å². The first-order valence-electron chi connectivity index (χ1n) is 3.43. The maximum absolute atomic E-state index is 11.0. The first kappa shape index (κ1) is 9.00. The van der Waals surface area contributed by atoms with Gasteiger partial charge in [-0.3, -0.25) is 0 Å². The van der Waals surface area contributed by atoms with E-state index in [2.05, 4.69) is 14.5 Å². The molecule has 1 aromatic rings. The summed E-state index contributed by atoms with van der Waals surface area (Å²) in [5, 5.41) is 3.81. The first-order chi connectivity index (χ1) is 5.65. The molecule has 66 valence electrons. The van der Waals surface area contributed by atoms with E-state index in [1.54, 1.807) is 6.92 Å². The van der Waals surface area contributed by atoms with Gasteiger partial charge in [-0.1, -0.05) is 0 Å². The van der Waals surface area contributed by atoms with Crippen molar-refractivity contribution in [2.45, 2.75) is 6.92 Å². The van der Waals surface area contributed by atoms with Gasteiger partial charge in [0.15, 0.2) is 5.69 Å². The maximum Gasteiger partial charge on any atom is 0.358 e. The van der Waals surface area contributed by atoms with Gasteiger partial charge in [-0.15, -0.1) is 0 Å². The summed E-state index contributed by atoms with van der Waals surface area (Å²) in [4.78, 5) is 11.0. The van der Waals surface area contributed by atoms with Gasteiger partial charge in [-0.2, -0.15) is 5.10 Å². The highest BCUT2D eigenvalue weighted by Gasteiger charge is 2.11. The molecule has 12 heavy (non-hydrogen) atoms. The molecule has 0 aliphatic carbocycles. The van der Waals surface area contributed by atoms with E-state index in [9.17, 15) is 4.79 Å². The second kappa shape index (κ2) is 3.54. The summed E-state index contributed by atoms with van der Waals surface area (Å²) in [5.41, 5.74) is 5.67. The third-order valence-electron chi connectivity index (χ3n) is 1.25. The Kier molecular flexibility index (Phi) is 2.65. The molecular weight excluding hydrogens is 177 g/mol. The van der Waals surface area contributed by atoms with Crippen LogP contribution in [-0.2, 0) is 4.74 Å². The number of anilines is 1. The zero-order chi connectivity index (χ0) is 9.14. The number of esters is 1. The van der Waals surface area contributed by atoms with Gasteiger partial charge < -0.3 is 10.5 Å². The van der Waals surface area contributed by atoms with Gasteiger partial charge in [0.1, 0.15) is 5.82 Å². The molecule has 1 unspecified atom stereocenters. The number of rotatable bonds is 2. The number of carbonyl (C=O) groups is 1. The number of hydrogen-bond donors (Lipinski definition) is 1. The number of hydrogen-bond acceptors (Lipinski definition) is 4. The van der Waals surface area contributed by atoms with E-state index in [4.69, 9.17) is 10.5 Å². The molecule has 0 radical (unpaired) electrons. The highest BCUT2D eigenvalue weighted by molar-refractivity contribution is 7.14. The zero-order valence-electron chi connectivity index (χ0n) is 6.65. The number of nitrogens with zero attached hydrogens (tertiary/aromatic N) is 2. The predicted molar refractivity (Wildman–Crippen MR) is 47.7 cm³/mol.